The third kappa shape index (κ3) is 3.93. The van der Waals surface area contributed by atoms with Gasteiger partial charge >= 0.3 is 0 Å². The summed E-state index contributed by atoms with van der Waals surface area (Å²) in [5.74, 6) is 1.77. The Morgan fingerprint density at radius 3 is 2.39 bits per heavy atom. The molecule has 1 saturated heterocycles. The fourth-order valence-corrected chi connectivity index (χ4v) is 3.23. The molecule has 0 atom stereocenters. The van der Waals surface area contributed by atoms with Crippen molar-refractivity contribution >= 4 is 23.1 Å². The van der Waals surface area contributed by atoms with Crippen LogP contribution < -0.4 is 19.9 Å². The maximum Gasteiger partial charge on any atom is 0.291 e. The molecule has 1 amide bonds. The van der Waals surface area contributed by atoms with Crippen molar-refractivity contribution in [3.05, 3.63) is 66.8 Å². The van der Waals surface area contributed by atoms with Crippen molar-refractivity contribution in [2.45, 2.75) is 0 Å². The van der Waals surface area contributed by atoms with Gasteiger partial charge in [-0.05, 0) is 48.5 Å². The lowest BCUT2D eigenvalue weighted by Crippen LogP contribution is -2.46. The van der Waals surface area contributed by atoms with Gasteiger partial charge < -0.3 is 24.3 Å². The van der Waals surface area contributed by atoms with Crippen molar-refractivity contribution < 1.29 is 13.9 Å². The van der Waals surface area contributed by atoms with Crippen LogP contribution in [0.1, 0.15) is 10.6 Å². The molecule has 7 heteroatoms. The van der Waals surface area contributed by atoms with Crippen molar-refractivity contribution in [1.29, 1.82) is 0 Å². The van der Waals surface area contributed by atoms with E-state index >= 15 is 0 Å². The summed E-state index contributed by atoms with van der Waals surface area (Å²) in [6.45, 7) is 3.62. The van der Waals surface area contributed by atoms with E-state index in [4.69, 9.17) is 9.15 Å². The summed E-state index contributed by atoms with van der Waals surface area (Å²) in [6, 6.07) is 15.2. The molecule has 1 fully saturated rings. The van der Waals surface area contributed by atoms with Gasteiger partial charge in [-0.3, -0.25) is 4.79 Å². The van der Waals surface area contributed by atoms with Crippen LogP contribution in [0.15, 0.2) is 65.4 Å². The number of rotatable bonds is 5. The molecule has 28 heavy (non-hydrogen) atoms. The van der Waals surface area contributed by atoms with Gasteiger partial charge in [0.25, 0.3) is 5.91 Å². The molecule has 1 N–H and O–H groups in total. The molecule has 1 aromatic carbocycles. The highest BCUT2D eigenvalue weighted by Gasteiger charge is 2.18. The van der Waals surface area contributed by atoms with Crippen molar-refractivity contribution in [3.8, 4) is 5.75 Å². The van der Waals surface area contributed by atoms with Gasteiger partial charge in [0, 0.05) is 31.9 Å². The molecule has 0 radical (unpaired) electrons. The van der Waals surface area contributed by atoms with E-state index in [-0.39, 0.29) is 11.7 Å². The monoisotopic (exact) mass is 378 g/mol. The second-order valence-corrected chi connectivity index (χ2v) is 6.51. The second-order valence-electron chi connectivity index (χ2n) is 6.51. The predicted octanol–water partition coefficient (Wildman–Crippen LogP) is 3.26. The normalized spacial score (nSPS) is 14.0. The Hall–Kier alpha value is -3.48. The SMILES string of the molecule is COc1ccc(N2CCN(c3ccc(NC(=O)c4ccco4)cn3)CC2)cc1. The van der Waals surface area contributed by atoms with Gasteiger partial charge in [0.2, 0.25) is 0 Å². The molecule has 7 nitrogen and oxygen atoms in total. The number of amides is 1. The molecule has 0 bridgehead atoms. The number of carbonyl (C=O) groups is 1. The molecule has 3 heterocycles. The number of carbonyl (C=O) groups excluding carboxylic acids is 1. The average Bonchev–Trinajstić information content (AvgIpc) is 3.30. The fraction of sp³-hybridized carbons (Fsp3) is 0.238. The Bertz CT molecular complexity index is 900. The van der Waals surface area contributed by atoms with E-state index in [1.165, 1.54) is 12.0 Å². The Labute approximate surface area is 163 Å². The molecule has 3 aromatic rings. The van der Waals surface area contributed by atoms with E-state index in [1.54, 1.807) is 25.4 Å². The number of nitrogens with zero attached hydrogens (tertiary/aromatic N) is 3. The fourth-order valence-electron chi connectivity index (χ4n) is 3.23. The number of ether oxygens (including phenoxy) is 1. The highest BCUT2D eigenvalue weighted by Crippen LogP contribution is 2.22. The smallest absolute Gasteiger partial charge is 0.291 e. The molecule has 0 unspecified atom stereocenters. The molecule has 4 rings (SSSR count). The van der Waals surface area contributed by atoms with Gasteiger partial charge in [-0.15, -0.1) is 0 Å². The summed E-state index contributed by atoms with van der Waals surface area (Å²) in [6.07, 6.45) is 3.15. The number of anilines is 3. The van der Waals surface area contributed by atoms with E-state index in [0.29, 0.717) is 5.69 Å². The number of nitrogens with one attached hydrogen (secondary N) is 1. The first-order valence-electron chi connectivity index (χ1n) is 9.18. The topological polar surface area (TPSA) is 70.8 Å². The highest BCUT2D eigenvalue weighted by atomic mass is 16.5. The maximum absolute atomic E-state index is 12.0. The van der Waals surface area contributed by atoms with E-state index in [0.717, 1.165) is 37.7 Å². The minimum absolute atomic E-state index is 0.277. The van der Waals surface area contributed by atoms with Crippen molar-refractivity contribution in [2.75, 3.05) is 48.4 Å². The standard InChI is InChI=1S/C21H22N4O3/c1-27-18-7-5-17(6-8-18)24-10-12-25(13-11-24)20-9-4-16(15-22-20)23-21(26)19-3-2-14-28-19/h2-9,14-15H,10-13H2,1H3,(H,23,26). The van der Waals surface area contributed by atoms with E-state index < -0.39 is 0 Å². The summed E-state index contributed by atoms with van der Waals surface area (Å²) < 4.78 is 10.3. The number of piperazine rings is 1. The maximum atomic E-state index is 12.0. The quantitative estimate of drug-likeness (QED) is 0.735. The molecule has 1 aliphatic rings. The molecular weight excluding hydrogens is 356 g/mol. The first kappa shape index (κ1) is 17.9. The largest absolute Gasteiger partial charge is 0.497 e. The minimum atomic E-state index is -0.285. The zero-order chi connectivity index (χ0) is 19.3. The van der Waals surface area contributed by atoms with Gasteiger partial charge in [0.1, 0.15) is 11.6 Å². The van der Waals surface area contributed by atoms with Gasteiger partial charge in [-0.2, -0.15) is 0 Å². The zero-order valence-corrected chi connectivity index (χ0v) is 15.7. The number of furan rings is 1. The number of pyridine rings is 1. The number of aromatic nitrogens is 1. The predicted molar refractivity (Wildman–Crippen MR) is 108 cm³/mol. The van der Waals surface area contributed by atoms with E-state index in [2.05, 4.69) is 32.2 Å². The molecular formula is C21H22N4O3. The van der Waals surface area contributed by atoms with Crippen LogP contribution in [0.5, 0.6) is 5.75 Å². The van der Waals surface area contributed by atoms with Crippen molar-refractivity contribution in [1.82, 2.24) is 4.98 Å². The van der Waals surface area contributed by atoms with Crippen LogP contribution in [0.4, 0.5) is 17.2 Å². The van der Waals surface area contributed by atoms with Gasteiger partial charge in [-0.1, -0.05) is 0 Å². The summed E-state index contributed by atoms with van der Waals surface area (Å²) in [5.41, 5.74) is 1.84. The third-order valence-electron chi connectivity index (χ3n) is 4.79. The third-order valence-corrected chi connectivity index (χ3v) is 4.79. The highest BCUT2D eigenvalue weighted by molar-refractivity contribution is 6.02. The Morgan fingerprint density at radius 2 is 1.79 bits per heavy atom. The lowest BCUT2D eigenvalue weighted by molar-refractivity contribution is 0.0996. The van der Waals surface area contributed by atoms with Crippen molar-refractivity contribution in [2.24, 2.45) is 0 Å². The van der Waals surface area contributed by atoms with Crippen LogP contribution in [0.25, 0.3) is 0 Å². The lowest BCUT2D eigenvalue weighted by Gasteiger charge is -2.36. The average molecular weight is 378 g/mol. The zero-order valence-electron chi connectivity index (χ0n) is 15.7. The summed E-state index contributed by atoms with van der Waals surface area (Å²) in [5, 5.41) is 2.78. The summed E-state index contributed by atoms with van der Waals surface area (Å²) >= 11 is 0. The van der Waals surface area contributed by atoms with Crippen molar-refractivity contribution in [3.63, 3.8) is 0 Å². The summed E-state index contributed by atoms with van der Waals surface area (Å²) in [4.78, 5) is 21.1. The number of benzene rings is 1. The molecule has 0 saturated carbocycles. The van der Waals surface area contributed by atoms with Gasteiger partial charge in [-0.25, -0.2) is 4.98 Å². The minimum Gasteiger partial charge on any atom is -0.497 e. The van der Waals surface area contributed by atoms with Crippen LogP contribution in [-0.2, 0) is 0 Å². The molecule has 0 spiro atoms. The first-order chi connectivity index (χ1) is 13.7. The molecule has 144 valence electrons. The van der Waals surface area contributed by atoms with Gasteiger partial charge in [0.05, 0.1) is 25.3 Å². The number of hydrogen-bond donors (Lipinski definition) is 1. The van der Waals surface area contributed by atoms with Crippen LogP contribution >= 0.6 is 0 Å². The van der Waals surface area contributed by atoms with E-state index in [1.807, 2.05) is 24.3 Å². The van der Waals surface area contributed by atoms with Crippen LogP contribution in [-0.4, -0.2) is 44.2 Å². The Morgan fingerprint density at radius 1 is 1.04 bits per heavy atom. The number of hydrogen-bond acceptors (Lipinski definition) is 6. The Balaban J connectivity index is 1.33. The Kier molecular flexibility index (Phi) is 5.14. The number of methoxy groups -OCH3 is 1. The first-order valence-corrected chi connectivity index (χ1v) is 9.18. The molecule has 0 aliphatic carbocycles. The van der Waals surface area contributed by atoms with Crippen LogP contribution in [0.2, 0.25) is 0 Å². The van der Waals surface area contributed by atoms with Crippen LogP contribution in [0.3, 0.4) is 0 Å². The van der Waals surface area contributed by atoms with Gasteiger partial charge in [0.15, 0.2) is 5.76 Å². The molecule has 1 aliphatic heterocycles. The molecule has 2 aromatic heterocycles. The second kappa shape index (κ2) is 8.04. The van der Waals surface area contributed by atoms with Crippen LogP contribution in [0, 0.1) is 0 Å². The lowest BCUT2D eigenvalue weighted by atomic mass is 10.2. The van der Waals surface area contributed by atoms with E-state index in [9.17, 15) is 4.79 Å². The summed E-state index contributed by atoms with van der Waals surface area (Å²) in [7, 11) is 1.68.